The molecule has 2 aromatic carbocycles. The van der Waals surface area contributed by atoms with Crippen molar-refractivity contribution in [3.05, 3.63) is 59.7 Å². The van der Waals surface area contributed by atoms with Crippen LogP contribution in [0.1, 0.15) is 57.6 Å². The van der Waals surface area contributed by atoms with Crippen LogP contribution in [0.3, 0.4) is 0 Å². The van der Waals surface area contributed by atoms with Crippen molar-refractivity contribution in [2.45, 2.75) is 64.6 Å². The summed E-state index contributed by atoms with van der Waals surface area (Å²) < 4.78 is 11.2. The number of hydrogen-bond acceptors (Lipinski definition) is 5. The molecule has 0 aliphatic heterocycles. The summed E-state index contributed by atoms with van der Waals surface area (Å²) in [6.45, 7) is 7.80. The van der Waals surface area contributed by atoms with E-state index in [0.717, 1.165) is 28.7 Å². The highest BCUT2D eigenvalue weighted by Crippen LogP contribution is 2.44. The van der Waals surface area contributed by atoms with Gasteiger partial charge in [0.15, 0.2) is 0 Å². The first-order valence-corrected chi connectivity index (χ1v) is 13.2. The quantitative estimate of drug-likeness (QED) is 0.409. The number of alkyl carbamates (subject to hydrolysis) is 1. The second-order valence-corrected chi connectivity index (χ2v) is 10.4. The lowest BCUT2D eigenvalue weighted by Crippen LogP contribution is -2.57. The Morgan fingerprint density at radius 3 is 2.03 bits per heavy atom. The Balaban J connectivity index is 1.73. The van der Waals surface area contributed by atoms with E-state index in [1.807, 2.05) is 52.0 Å². The molecule has 0 radical (unpaired) electrons. The number of nitrogens with zero attached hydrogens (tertiary/aromatic N) is 1. The van der Waals surface area contributed by atoms with E-state index in [9.17, 15) is 19.5 Å². The zero-order chi connectivity index (χ0) is 28.0. The molecule has 0 saturated carbocycles. The maximum absolute atomic E-state index is 13.6. The number of aliphatic carboxylic acids is 1. The van der Waals surface area contributed by atoms with E-state index in [1.54, 1.807) is 7.05 Å². The first kappa shape index (κ1) is 29.2. The number of nitrogens with one attached hydrogen (secondary N) is 1. The minimum absolute atomic E-state index is 0.0180. The van der Waals surface area contributed by atoms with Crippen molar-refractivity contribution >= 4 is 18.0 Å². The van der Waals surface area contributed by atoms with Gasteiger partial charge < -0.3 is 24.8 Å². The van der Waals surface area contributed by atoms with Crippen LogP contribution in [-0.2, 0) is 19.1 Å². The molecule has 206 valence electrons. The van der Waals surface area contributed by atoms with E-state index in [2.05, 4.69) is 29.6 Å². The summed E-state index contributed by atoms with van der Waals surface area (Å²) in [6, 6.07) is 14.9. The molecule has 2 N–H and O–H groups in total. The molecule has 0 fully saturated rings. The van der Waals surface area contributed by atoms with Crippen LogP contribution in [0.15, 0.2) is 48.5 Å². The molecule has 2 amide bonds. The molecular formula is C30H40N2O6. The summed E-state index contributed by atoms with van der Waals surface area (Å²) in [6.07, 6.45) is -0.844. The van der Waals surface area contributed by atoms with E-state index >= 15 is 0 Å². The van der Waals surface area contributed by atoms with E-state index in [1.165, 1.54) is 12.0 Å². The van der Waals surface area contributed by atoms with Gasteiger partial charge in [-0.2, -0.15) is 0 Å². The molecule has 1 unspecified atom stereocenters. The molecule has 8 nitrogen and oxygen atoms in total. The smallest absolute Gasteiger partial charge is 0.407 e. The Kier molecular flexibility index (Phi) is 9.91. The molecule has 8 heteroatoms. The van der Waals surface area contributed by atoms with Crippen molar-refractivity contribution in [1.82, 2.24) is 10.2 Å². The van der Waals surface area contributed by atoms with Gasteiger partial charge in [0.25, 0.3) is 0 Å². The number of methoxy groups -OCH3 is 1. The number of ether oxygens (including phenoxy) is 2. The number of carbonyl (C=O) groups is 3. The Morgan fingerprint density at radius 2 is 1.55 bits per heavy atom. The number of fused-ring (bicyclic) bond motifs is 3. The highest BCUT2D eigenvalue weighted by atomic mass is 16.5. The summed E-state index contributed by atoms with van der Waals surface area (Å²) in [5, 5.41) is 12.1. The molecule has 0 bridgehead atoms. The summed E-state index contributed by atoms with van der Waals surface area (Å²) >= 11 is 0. The van der Waals surface area contributed by atoms with Crippen LogP contribution in [0.2, 0.25) is 0 Å². The molecule has 0 heterocycles. The third-order valence-corrected chi connectivity index (χ3v) is 7.63. The maximum atomic E-state index is 13.6. The maximum Gasteiger partial charge on any atom is 0.407 e. The number of benzene rings is 2. The monoisotopic (exact) mass is 524 g/mol. The van der Waals surface area contributed by atoms with Gasteiger partial charge in [0.1, 0.15) is 12.6 Å². The molecule has 1 aliphatic rings. The molecule has 0 spiro atoms. The van der Waals surface area contributed by atoms with Gasteiger partial charge in [-0.15, -0.1) is 0 Å². The number of hydrogen-bond donors (Lipinski definition) is 2. The largest absolute Gasteiger partial charge is 0.481 e. The number of rotatable bonds is 12. The van der Waals surface area contributed by atoms with Gasteiger partial charge >= 0.3 is 12.1 Å². The Labute approximate surface area is 225 Å². The van der Waals surface area contributed by atoms with Crippen molar-refractivity contribution in [2.24, 2.45) is 11.8 Å². The summed E-state index contributed by atoms with van der Waals surface area (Å²) in [5.41, 5.74) is 4.49. The van der Waals surface area contributed by atoms with Crippen molar-refractivity contribution in [1.29, 1.82) is 0 Å². The molecule has 38 heavy (non-hydrogen) atoms. The first-order valence-electron chi connectivity index (χ1n) is 13.2. The predicted octanol–water partition coefficient (Wildman–Crippen LogP) is 4.91. The number of carboxylic acids is 1. The van der Waals surface area contributed by atoms with Crippen LogP contribution >= 0.6 is 0 Å². The van der Waals surface area contributed by atoms with Crippen molar-refractivity contribution < 1.29 is 29.0 Å². The molecule has 0 aromatic heterocycles. The van der Waals surface area contributed by atoms with Gasteiger partial charge in [0.05, 0.1) is 18.6 Å². The van der Waals surface area contributed by atoms with Crippen molar-refractivity contribution in [3.8, 4) is 11.1 Å². The highest BCUT2D eigenvalue weighted by molar-refractivity contribution is 5.86. The van der Waals surface area contributed by atoms with Crippen molar-refractivity contribution in [3.63, 3.8) is 0 Å². The zero-order valence-electron chi connectivity index (χ0n) is 23.1. The van der Waals surface area contributed by atoms with Crippen LogP contribution in [0, 0.1) is 11.8 Å². The van der Waals surface area contributed by atoms with Gasteiger partial charge in [-0.05, 0) is 34.1 Å². The molecule has 1 aliphatic carbocycles. The second-order valence-electron chi connectivity index (χ2n) is 10.4. The number of carbonyl (C=O) groups excluding carboxylic acids is 2. The molecule has 3 rings (SSSR count). The number of carboxylic acid groups (broad SMARTS) is 1. The number of likely N-dealkylation sites (N-methyl/N-ethyl adjacent to an activating group) is 1. The lowest BCUT2D eigenvalue weighted by atomic mass is 9.90. The Morgan fingerprint density at radius 1 is 1.00 bits per heavy atom. The first-order chi connectivity index (χ1) is 18.1. The molecule has 4 atom stereocenters. The lowest BCUT2D eigenvalue weighted by Gasteiger charge is -2.39. The van der Waals surface area contributed by atoms with Gasteiger partial charge in [-0.25, -0.2) is 4.79 Å². The third kappa shape index (κ3) is 6.35. The van der Waals surface area contributed by atoms with Crippen LogP contribution < -0.4 is 5.32 Å². The van der Waals surface area contributed by atoms with Crippen LogP contribution in [0.5, 0.6) is 0 Å². The topological polar surface area (TPSA) is 105 Å². The van der Waals surface area contributed by atoms with Crippen LogP contribution in [-0.4, -0.2) is 66.9 Å². The fraction of sp³-hybridized carbons (Fsp3) is 0.500. The molecular weight excluding hydrogens is 484 g/mol. The zero-order valence-corrected chi connectivity index (χ0v) is 23.1. The van der Waals surface area contributed by atoms with Gasteiger partial charge in [0.2, 0.25) is 5.91 Å². The highest BCUT2D eigenvalue weighted by Gasteiger charge is 2.38. The van der Waals surface area contributed by atoms with E-state index in [0.29, 0.717) is 0 Å². The van der Waals surface area contributed by atoms with Crippen molar-refractivity contribution in [2.75, 3.05) is 20.8 Å². The van der Waals surface area contributed by atoms with Gasteiger partial charge in [0, 0.05) is 20.1 Å². The van der Waals surface area contributed by atoms with E-state index in [4.69, 9.17) is 9.47 Å². The Hall–Kier alpha value is -3.39. The fourth-order valence-corrected chi connectivity index (χ4v) is 5.40. The van der Waals surface area contributed by atoms with Crippen LogP contribution in [0.25, 0.3) is 11.1 Å². The minimum Gasteiger partial charge on any atom is -0.481 e. The number of amides is 2. The summed E-state index contributed by atoms with van der Waals surface area (Å²) in [4.78, 5) is 39.6. The van der Waals surface area contributed by atoms with E-state index in [-0.39, 0.29) is 36.7 Å². The Bertz CT molecular complexity index is 1090. The minimum atomic E-state index is -0.997. The molecule has 2 aromatic rings. The van der Waals surface area contributed by atoms with Crippen LogP contribution in [0.4, 0.5) is 4.79 Å². The summed E-state index contributed by atoms with van der Waals surface area (Å²) in [5.74, 6) is -1.63. The van der Waals surface area contributed by atoms with Gasteiger partial charge in [-0.1, -0.05) is 82.6 Å². The fourth-order valence-electron chi connectivity index (χ4n) is 5.40. The molecule has 0 saturated heterocycles. The summed E-state index contributed by atoms with van der Waals surface area (Å²) in [7, 11) is 3.10. The average molecular weight is 525 g/mol. The normalized spacial score (nSPS) is 15.7. The average Bonchev–Trinajstić information content (AvgIpc) is 3.22. The van der Waals surface area contributed by atoms with Gasteiger partial charge in [-0.3, -0.25) is 9.59 Å². The SMILES string of the molecule is CC[C@H](C)[C@@H](C(CC(=O)O)OC)N(C)C(=O)[C@@H](NC(=O)OCC1c2ccccc2-c2ccccc21)C(C)C. The van der Waals surface area contributed by atoms with E-state index < -0.39 is 30.3 Å². The predicted molar refractivity (Wildman–Crippen MR) is 146 cm³/mol. The second kappa shape index (κ2) is 12.9. The lowest BCUT2D eigenvalue weighted by molar-refractivity contribution is -0.147. The standard InChI is InChI=1S/C30H40N2O6/c1-7-19(4)28(25(37-6)16-26(33)34)32(5)29(35)27(18(2)3)31-30(36)38-17-24-22-14-10-8-12-20(22)21-13-9-11-15-23(21)24/h8-15,18-19,24-25,27-28H,7,16-17H2,1-6H3,(H,31,36)(H,33,34)/t19-,25?,27-,28-/m0/s1. The third-order valence-electron chi connectivity index (χ3n) is 7.63.